The number of hydrogen-bond donors (Lipinski definition) is 1. The van der Waals surface area contributed by atoms with E-state index in [0.717, 1.165) is 0 Å². The number of benzene rings is 1. The van der Waals surface area contributed by atoms with Gasteiger partial charge in [-0.15, -0.1) is 0 Å². The molecule has 1 aromatic carbocycles. The molecule has 1 aromatic rings. The van der Waals surface area contributed by atoms with E-state index in [1.165, 1.54) is 13.0 Å². The smallest absolute Gasteiger partial charge is 0.399 e. The first-order valence-corrected chi connectivity index (χ1v) is 6.87. The summed E-state index contributed by atoms with van der Waals surface area (Å²) in [6, 6.07) is 4.64. The van der Waals surface area contributed by atoms with Gasteiger partial charge in [0.15, 0.2) is 0 Å². The van der Waals surface area contributed by atoms with Crippen molar-refractivity contribution in [1.82, 2.24) is 0 Å². The normalized spacial score (nSPS) is 21.3. The maximum atomic E-state index is 11.2. The van der Waals surface area contributed by atoms with E-state index in [-0.39, 0.29) is 11.3 Å². The fourth-order valence-corrected chi connectivity index (χ4v) is 2.20. The Labute approximate surface area is 124 Å². The molecule has 0 amide bonds. The van der Waals surface area contributed by atoms with E-state index in [1.54, 1.807) is 12.1 Å². The van der Waals surface area contributed by atoms with Crippen LogP contribution in [0, 0.1) is 10.1 Å². The molecule has 1 fully saturated rings. The Morgan fingerprint density at radius 1 is 1.24 bits per heavy atom. The SMILES string of the molecule is CC(O)c1ccc(B2OC(C)(C)C(C)(C)O2)cc1[N+](=O)[O-]. The summed E-state index contributed by atoms with van der Waals surface area (Å²) in [4.78, 5) is 10.7. The highest BCUT2D eigenvalue weighted by Crippen LogP contribution is 2.37. The predicted octanol–water partition coefficient (Wildman–Crippen LogP) is 1.95. The lowest BCUT2D eigenvalue weighted by Gasteiger charge is -2.32. The lowest BCUT2D eigenvalue weighted by atomic mass is 9.78. The lowest BCUT2D eigenvalue weighted by Crippen LogP contribution is -2.41. The number of aliphatic hydroxyl groups is 1. The Bertz CT molecular complexity index is 554. The maximum Gasteiger partial charge on any atom is 0.495 e. The molecule has 1 unspecified atom stereocenters. The van der Waals surface area contributed by atoms with Crippen molar-refractivity contribution < 1.29 is 19.3 Å². The highest BCUT2D eigenvalue weighted by Gasteiger charge is 2.52. The van der Waals surface area contributed by atoms with E-state index in [2.05, 4.69) is 0 Å². The van der Waals surface area contributed by atoms with Crippen LogP contribution in [0.25, 0.3) is 0 Å². The largest absolute Gasteiger partial charge is 0.495 e. The van der Waals surface area contributed by atoms with Crippen molar-refractivity contribution in [3.05, 3.63) is 33.9 Å². The van der Waals surface area contributed by atoms with E-state index in [1.807, 2.05) is 27.7 Å². The molecule has 1 N–H and O–H groups in total. The molecule has 2 rings (SSSR count). The average molecular weight is 293 g/mol. The fraction of sp³-hybridized carbons (Fsp3) is 0.571. The number of nitro benzene ring substituents is 1. The molecule has 0 aromatic heterocycles. The van der Waals surface area contributed by atoms with Crippen LogP contribution in [0.5, 0.6) is 0 Å². The zero-order chi connectivity index (χ0) is 16.0. The molecule has 1 atom stereocenters. The van der Waals surface area contributed by atoms with Crippen LogP contribution in [0.1, 0.15) is 46.3 Å². The van der Waals surface area contributed by atoms with Gasteiger partial charge in [0, 0.05) is 6.07 Å². The predicted molar refractivity (Wildman–Crippen MR) is 79.4 cm³/mol. The minimum Gasteiger partial charge on any atom is -0.399 e. The number of hydrogen-bond acceptors (Lipinski definition) is 5. The molecule has 0 bridgehead atoms. The molecule has 0 aliphatic carbocycles. The molecule has 6 nitrogen and oxygen atoms in total. The van der Waals surface area contributed by atoms with E-state index in [0.29, 0.717) is 5.46 Å². The van der Waals surface area contributed by atoms with Gasteiger partial charge in [-0.25, -0.2) is 0 Å². The van der Waals surface area contributed by atoms with Crippen LogP contribution in [0.2, 0.25) is 0 Å². The first kappa shape index (κ1) is 15.9. The fourth-order valence-electron chi connectivity index (χ4n) is 2.20. The summed E-state index contributed by atoms with van der Waals surface area (Å²) in [5.41, 5.74) is -0.285. The molecule has 114 valence electrons. The quantitative estimate of drug-likeness (QED) is 0.523. The third-order valence-electron chi connectivity index (χ3n) is 4.23. The number of nitrogens with zero attached hydrogens (tertiary/aromatic N) is 1. The summed E-state index contributed by atoms with van der Waals surface area (Å²) in [7, 11) is -0.656. The van der Waals surface area contributed by atoms with Crippen molar-refractivity contribution in [3.8, 4) is 0 Å². The Balaban J connectivity index is 2.39. The van der Waals surface area contributed by atoms with Gasteiger partial charge in [-0.1, -0.05) is 6.07 Å². The zero-order valence-electron chi connectivity index (χ0n) is 12.9. The molecule has 1 heterocycles. The first-order valence-electron chi connectivity index (χ1n) is 6.87. The highest BCUT2D eigenvalue weighted by atomic mass is 16.7. The van der Waals surface area contributed by atoms with Crippen molar-refractivity contribution in [2.24, 2.45) is 0 Å². The summed E-state index contributed by atoms with van der Waals surface area (Å²) in [5, 5.41) is 20.8. The van der Waals surface area contributed by atoms with Crippen molar-refractivity contribution in [1.29, 1.82) is 0 Å². The summed E-state index contributed by atoms with van der Waals surface area (Å²) in [5.74, 6) is 0. The number of rotatable bonds is 3. The van der Waals surface area contributed by atoms with Gasteiger partial charge >= 0.3 is 7.12 Å². The molecule has 0 saturated carbocycles. The second kappa shape index (κ2) is 5.08. The van der Waals surface area contributed by atoms with Crippen LogP contribution in [0.15, 0.2) is 18.2 Å². The van der Waals surface area contributed by atoms with Crippen LogP contribution in [-0.4, -0.2) is 28.4 Å². The third-order valence-corrected chi connectivity index (χ3v) is 4.23. The van der Waals surface area contributed by atoms with E-state index in [4.69, 9.17) is 9.31 Å². The van der Waals surface area contributed by atoms with Crippen molar-refractivity contribution in [3.63, 3.8) is 0 Å². The van der Waals surface area contributed by atoms with Crippen molar-refractivity contribution in [2.75, 3.05) is 0 Å². The van der Waals surface area contributed by atoms with Crippen LogP contribution in [0.3, 0.4) is 0 Å². The maximum absolute atomic E-state index is 11.2. The number of aliphatic hydroxyl groups excluding tert-OH is 1. The minimum atomic E-state index is -0.905. The molecule has 1 aliphatic heterocycles. The van der Waals surface area contributed by atoms with Gasteiger partial charge in [-0.05, 0) is 46.1 Å². The van der Waals surface area contributed by atoms with Crippen LogP contribution >= 0.6 is 0 Å². The summed E-state index contributed by atoms with van der Waals surface area (Å²) in [6.07, 6.45) is -0.905. The Morgan fingerprint density at radius 2 is 1.76 bits per heavy atom. The van der Waals surface area contributed by atoms with Gasteiger partial charge in [0.25, 0.3) is 5.69 Å². The van der Waals surface area contributed by atoms with Crippen LogP contribution in [0.4, 0.5) is 5.69 Å². The number of nitro groups is 1. The second-order valence-electron chi connectivity index (χ2n) is 6.34. The van der Waals surface area contributed by atoms with Crippen LogP contribution < -0.4 is 5.46 Å². The van der Waals surface area contributed by atoms with Crippen molar-refractivity contribution >= 4 is 18.3 Å². The Morgan fingerprint density at radius 3 is 2.19 bits per heavy atom. The zero-order valence-corrected chi connectivity index (χ0v) is 12.9. The molecular weight excluding hydrogens is 273 g/mol. The van der Waals surface area contributed by atoms with Gasteiger partial charge in [0.1, 0.15) is 0 Å². The van der Waals surface area contributed by atoms with Gasteiger partial charge in [-0.3, -0.25) is 10.1 Å². The first-order chi connectivity index (χ1) is 9.55. The van der Waals surface area contributed by atoms with Gasteiger partial charge in [0.2, 0.25) is 0 Å². The van der Waals surface area contributed by atoms with Gasteiger partial charge in [0.05, 0.1) is 27.8 Å². The Hall–Kier alpha value is -1.44. The van der Waals surface area contributed by atoms with Gasteiger partial charge < -0.3 is 14.4 Å². The molecule has 1 aliphatic rings. The third kappa shape index (κ3) is 2.81. The molecule has 0 spiro atoms. The highest BCUT2D eigenvalue weighted by molar-refractivity contribution is 6.62. The summed E-state index contributed by atoms with van der Waals surface area (Å²) in [6.45, 7) is 9.19. The lowest BCUT2D eigenvalue weighted by molar-refractivity contribution is -0.386. The topological polar surface area (TPSA) is 81.8 Å². The summed E-state index contributed by atoms with van der Waals surface area (Å²) >= 11 is 0. The standard InChI is InChI=1S/C14H20BNO5/c1-9(17)11-7-6-10(8-12(11)16(18)19)15-20-13(2,3)14(4,5)21-15/h6-9,17H,1-5H3. The van der Waals surface area contributed by atoms with Gasteiger partial charge in [-0.2, -0.15) is 0 Å². The average Bonchev–Trinajstić information content (AvgIpc) is 2.57. The Kier molecular flexibility index (Phi) is 3.86. The van der Waals surface area contributed by atoms with Crippen molar-refractivity contribution in [2.45, 2.75) is 51.9 Å². The van der Waals surface area contributed by atoms with E-state index >= 15 is 0 Å². The molecule has 21 heavy (non-hydrogen) atoms. The summed E-state index contributed by atoms with van der Waals surface area (Å²) < 4.78 is 11.8. The molecule has 7 heteroatoms. The van der Waals surface area contributed by atoms with Crippen LogP contribution in [-0.2, 0) is 9.31 Å². The second-order valence-corrected chi connectivity index (χ2v) is 6.34. The molecular formula is C14H20BNO5. The molecule has 0 radical (unpaired) electrons. The van der Waals surface area contributed by atoms with E-state index in [9.17, 15) is 15.2 Å². The monoisotopic (exact) mass is 293 g/mol. The van der Waals surface area contributed by atoms with E-state index < -0.39 is 29.3 Å². The minimum absolute atomic E-state index is 0.128. The molecule has 1 saturated heterocycles.